The number of aliphatic hydroxyl groups is 1. The van der Waals surface area contributed by atoms with Gasteiger partial charge in [-0.25, -0.2) is 9.78 Å². The van der Waals surface area contributed by atoms with Crippen LogP contribution in [0.5, 0.6) is 5.75 Å². The minimum atomic E-state index is -0.318. The monoisotopic (exact) mass is 561 g/mol. The van der Waals surface area contributed by atoms with Crippen LogP contribution in [0.15, 0.2) is 54.7 Å². The number of aliphatic hydroxyl groups excluding tert-OH is 1. The average Bonchev–Trinajstić information content (AvgIpc) is 3.31. The van der Waals surface area contributed by atoms with Gasteiger partial charge < -0.3 is 15.2 Å². The normalized spacial score (nSPS) is 14.4. The topological polar surface area (TPSA) is 91.1 Å². The summed E-state index contributed by atoms with van der Waals surface area (Å²) in [7, 11) is 1.57. The van der Waals surface area contributed by atoms with Crippen molar-refractivity contribution in [3.63, 3.8) is 0 Å². The number of hydrogen-bond donors (Lipinski definition) is 3. The Bertz CT molecular complexity index is 1490. The number of imidazole rings is 1. The van der Waals surface area contributed by atoms with Crippen molar-refractivity contribution in [2.45, 2.75) is 52.3 Å². The number of hydrogen-bond acceptors (Lipinski definition) is 5. The Morgan fingerprint density at radius 2 is 1.82 bits per heavy atom. The number of nitrogens with one attached hydrogen (secondary N) is 2. The van der Waals surface area contributed by atoms with Crippen molar-refractivity contribution in [2.24, 2.45) is 0 Å². The summed E-state index contributed by atoms with van der Waals surface area (Å²) in [4.78, 5) is 20.1. The molecule has 0 aliphatic carbocycles. The standard InChI is InChI=1S/C31H36ClN5O3/c1-4-27-30(35-31(39)33-17-22-7-10-28(40-3)26(32)16-22)37-19-24(15-20(2)29(37)34-27)23-8-5-21(6-9-23)18-36-13-11-25(38)12-14-36/h5-10,15-16,19,25,38H,4,11-14,17-18H2,1-3H3,(H2,33,35,39). The fourth-order valence-electron chi connectivity index (χ4n) is 5.19. The lowest BCUT2D eigenvalue weighted by molar-refractivity contribution is 0.0792. The molecule has 1 aliphatic heterocycles. The number of urea groups is 1. The zero-order chi connectivity index (χ0) is 28.2. The number of benzene rings is 2. The number of amides is 2. The first kappa shape index (κ1) is 28.0. The number of piperidine rings is 1. The summed E-state index contributed by atoms with van der Waals surface area (Å²) >= 11 is 6.23. The Hall–Kier alpha value is -3.59. The van der Waals surface area contributed by atoms with E-state index in [9.17, 15) is 9.90 Å². The van der Waals surface area contributed by atoms with E-state index >= 15 is 0 Å². The molecule has 3 N–H and O–H groups in total. The van der Waals surface area contributed by atoms with E-state index in [0.29, 0.717) is 29.6 Å². The zero-order valence-electron chi connectivity index (χ0n) is 23.2. The molecule has 40 heavy (non-hydrogen) atoms. The first-order valence-electron chi connectivity index (χ1n) is 13.7. The molecule has 8 nitrogen and oxygen atoms in total. The van der Waals surface area contributed by atoms with Crippen molar-refractivity contribution in [3.05, 3.63) is 82.1 Å². The maximum atomic E-state index is 12.9. The number of aromatic nitrogens is 2. The van der Waals surface area contributed by atoms with Gasteiger partial charge in [-0.1, -0.05) is 48.9 Å². The summed E-state index contributed by atoms with van der Waals surface area (Å²) in [6.07, 6.45) is 4.24. The van der Waals surface area contributed by atoms with Gasteiger partial charge in [-0.3, -0.25) is 14.6 Å². The first-order chi connectivity index (χ1) is 19.3. The Kier molecular flexibility index (Phi) is 8.59. The quantitative estimate of drug-likeness (QED) is 0.252. The lowest BCUT2D eigenvalue weighted by Crippen LogP contribution is -2.35. The van der Waals surface area contributed by atoms with Crippen LogP contribution in [0.2, 0.25) is 5.02 Å². The number of ether oxygens (including phenoxy) is 1. The van der Waals surface area contributed by atoms with Gasteiger partial charge in [0.2, 0.25) is 0 Å². The summed E-state index contributed by atoms with van der Waals surface area (Å²) in [6, 6.07) is 15.9. The van der Waals surface area contributed by atoms with Crippen LogP contribution in [0, 0.1) is 6.92 Å². The molecule has 0 spiro atoms. The molecule has 1 saturated heterocycles. The fourth-order valence-corrected chi connectivity index (χ4v) is 5.47. The van der Waals surface area contributed by atoms with Crippen LogP contribution in [-0.2, 0) is 19.5 Å². The number of carbonyl (C=O) groups is 1. The van der Waals surface area contributed by atoms with Gasteiger partial charge in [0, 0.05) is 32.4 Å². The molecule has 1 aliphatic rings. The highest BCUT2D eigenvalue weighted by Crippen LogP contribution is 2.28. The van der Waals surface area contributed by atoms with Crippen molar-refractivity contribution in [1.82, 2.24) is 19.6 Å². The number of anilines is 1. The molecule has 1 fully saturated rings. The number of aryl methyl sites for hydroxylation is 2. The lowest BCUT2D eigenvalue weighted by Gasteiger charge is -2.29. The molecule has 0 bridgehead atoms. The molecule has 9 heteroatoms. The van der Waals surface area contributed by atoms with E-state index in [-0.39, 0.29) is 12.1 Å². The van der Waals surface area contributed by atoms with Gasteiger partial charge in [0.25, 0.3) is 0 Å². The van der Waals surface area contributed by atoms with Gasteiger partial charge in [-0.05, 0) is 72.2 Å². The van der Waals surface area contributed by atoms with Gasteiger partial charge in [0.1, 0.15) is 17.2 Å². The minimum absolute atomic E-state index is 0.161. The van der Waals surface area contributed by atoms with Crippen molar-refractivity contribution in [3.8, 4) is 16.9 Å². The van der Waals surface area contributed by atoms with Crippen LogP contribution in [0.1, 0.15) is 42.1 Å². The number of nitrogens with zero attached hydrogens (tertiary/aromatic N) is 3. The summed E-state index contributed by atoms with van der Waals surface area (Å²) in [6.45, 7) is 7.14. The lowest BCUT2D eigenvalue weighted by atomic mass is 10.0. The molecule has 0 saturated carbocycles. The predicted octanol–water partition coefficient (Wildman–Crippen LogP) is 5.81. The molecule has 3 heterocycles. The Morgan fingerprint density at radius 3 is 2.50 bits per heavy atom. The third kappa shape index (κ3) is 6.25. The molecule has 2 aromatic carbocycles. The minimum Gasteiger partial charge on any atom is -0.495 e. The molecular formula is C31H36ClN5O3. The van der Waals surface area contributed by atoms with Crippen LogP contribution in [0.3, 0.4) is 0 Å². The summed E-state index contributed by atoms with van der Waals surface area (Å²) in [5.74, 6) is 1.26. The highest BCUT2D eigenvalue weighted by Gasteiger charge is 2.18. The molecule has 0 radical (unpaired) electrons. The third-order valence-electron chi connectivity index (χ3n) is 7.46. The van der Waals surface area contributed by atoms with Gasteiger partial charge in [0.15, 0.2) is 0 Å². The molecule has 2 aromatic heterocycles. The van der Waals surface area contributed by atoms with Crippen molar-refractivity contribution in [2.75, 3.05) is 25.5 Å². The van der Waals surface area contributed by atoms with Gasteiger partial charge in [-0.15, -0.1) is 0 Å². The first-order valence-corrected chi connectivity index (χ1v) is 14.1. The van der Waals surface area contributed by atoms with E-state index in [1.165, 1.54) is 5.56 Å². The highest BCUT2D eigenvalue weighted by molar-refractivity contribution is 6.32. The van der Waals surface area contributed by atoms with Crippen LogP contribution in [0.4, 0.5) is 10.6 Å². The molecule has 5 rings (SSSR count). The van der Waals surface area contributed by atoms with Crippen LogP contribution in [-0.4, -0.2) is 51.7 Å². The van der Waals surface area contributed by atoms with Crippen LogP contribution in [0.25, 0.3) is 16.8 Å². The maximum absolute atomic E-state index is 12.9. The van der Waals surface area contributed by atoms with Crippen molar-refractivity contribution < 1.29 is 14.6 Å². The number of fused-ring (bicyclic) bond motifs is 1. The van der Waals surface area contributed by atoms with E-state index in [0.717, 1.165) is 66.1 Å². The third-order valence-corrected chi connectivity index (χ3v) is 7.76. The molecule has 0 unspecified atom stereocenters. The van der Waals surface area contributed by atoms with Gasteiger partial charge in [0.05, 0.1) is 23.9 Å². The Balaban J connectivity index is 1.33. The number of likely N-dealkylation sites (tertiary alicyclic amines) is 1. The summed E-state index contributed by atoms with van der Waals surface area (Å²) in [5.41, 5.74) is 6.95. The predicted molar refractivity (Wildman–Crippen MR) is 159 cm³/mol. The molecule has 4 aromatic rings. The van der Waals surface area contributed by atoms with Crippen LogP contribution >= 0.6 is 11.6 Å². The second kappa shape index (κ2) is 12.3. The van der Waals surface area contributed by atoms with Crippen molar-refractivity contribution >= 4 is 29.1 Å². The molecule has 0 atom stereocenters. The average molecular weight is 562 g/mol. The fraction of sp³-hybridized carbons (Fsp3) is 0.355. The van der Waals surface area contributed by atoms with Gasteiger partial charge in [-0.2, -0.15) is 0 Å². The zero-order valence-corrected chi connectivity index (χ0v) is 24.0. The number of carbonyl (C=O) groups excluding carboxylic acids is 1. The second-order valence-corrected chi connectivity index (χ2v) is 10.8. The number of pyridine rings is 1. The van der Waals surface area contributed by atoms with E-state index in [1.807, 2.05) is 30.5 Å². The van der Waals surface area contributed by atoms with Crippen LogP contribution < -0.4 is 15.4 Å². The SMILES string of the molecule is CCc1nc2c(C)cc(-c3ccc(CN4CCC(O)CC4)cc3)cn2c1NC(=O)NCc1ccc(OC)c(Cl)c1. The number of methoxy groups -OCH3 is 1. The molecular weight excluding hydrogens is 526 g/mol. The Morgan fingerprint density at radius 1 is 1.10 bits per heavy atom. The summed E-state index contributed by atoms with van der Waals surface area (Å²) < 4.78 is 7.17. The molecule has 210 valence electrons. The van der Waals surface area contributed by atoms with E-state index in [4.69, 9.17) is 21.3 Å². The maximum Gasteiger partial charge on any atom is 0.320 e. The molecule has 2 amide bonds. The highest BCUT2D eigenvalue weighted by atomic mass is 35.5. The van der Waals surface area contributed by atoms with E-state index < -0.39 is 0 Å². The summed E-state index contributed by atoms with van der Waals surface area (Å²) in [5, 5.41) is 16.2. The largest absolute Gasteiger partial charge is 0.495 e. The number of rotatable bonds is 8. The number of halogens is 1. The van der Waals surface area contributed by atoms with Crippen molar-refractivity contribution in [1.29, 1.82) is 0 Å². The van der Waals surface area contributed by atoms with E-state index in [1.54, 1.807) is 19.2 Å². The smallest absolute Gasteiger partial charge is 0.320 e. The van der Waals surface area contributed by atoms with E-state index in [2.05, 4.69) is 45.9 Å². The second-order valence-electron chi connectivity index (χ2n) is 10.3. The van der Waals surface area contributed by atoms with Gasteiger partial charge >= 0.3 is 6.03 Å². The Labute approximate surface area is 239 Å².